The Kier molecular flexibility index (Phi) is 4.31. The Balaban J connectivity index is 2.04. The molecule has 1 amide bonds. The molecule has 20 heavy (non-hydrogen) atoms. The molecule has 0 spiro atoms. The summed E-state index contributed by atoms with van der Waals surface area (Å²) < 4.78 is 6.81. The lowest BCUT2D eigenvalue weighted by Crippen LogP contribution is -2.28. The molecule has 0 aromatic carbocycles. The third kappa shape index (κ3) is 3.12. The van der Waals surface area contributed by atoms with Crippen LogP contribution in [0, 0.1) is 0 Å². The lowest BCUT2D eigenvalue weighted by Gasteiger charge is -2.16. The van der Waals surface area contributed by atoms with E-state index in [2.05, 4.69) is 20.2 Å². The predicted molar refractivity (Wildman–Crippen MR) is 69.1 cm³/mol. The molecular formula is C11H16N6O3. The molecule has 0 radical (unpaired) electrons. The highest BCUT2D eigenvalue weighted by molar-refractivity contribution is 5.91. The van der Waals surface area contributed by atoms with Crippen LogP contribution in [0.15, 0.2) is 17.3 Å². The van der Waals surface area contributed by atoms with Crippen LogP contribution < -0.4 is 5.69 Å². The van der Waals surface area contributed by atoms with E-state index in [0.717, 1.165) is 0 Å². The van der Waals surface area contributed by atoms with Gasteiger partial charge in [0.25, 0.3) is 5.91 Å². The van der Waals surface area contributed by atoms with E-state index in [1.165, 1.54) is 11.1 Å². The molecule has 0 saturated carbocycles. The zero-order valence-corrected chi connectivity index (χ0v) is 11.3. The van der Waals surface area contributed by atoms with Gasteiger partial charge in [-0.25, -0.2) is 4.79 Å². The van der Waals surface area contributed by atoms with Gasteiger partial charge in [-0.15, -0.1) is 10.2 Å². The molecular weight excluding hydrogens is 264 g/mol. The average Bonchev–Trinajstić information content (AvgIpc) is 3.04. The molecule has 2 rings (SSSR count). The first kappa shape index (κ1) is 14.0. The second-order valence-corrected chi connectivity index (χ2v) is 4.25. The normalized spacial score (nSPS) is 10.7. The molecule has 0 aliphatic heterocycles. The molecule has 9 nitrogen and oxygen atoms in total. The number of carbonyl (C=O) groups is 1. The van der Waals surface area contributed by atoms with Crippen molar-refractivity contribution < 1.29 is 9.53 Å². The van der Waals surface area contributed by atoms with Gasteiger partial charge in [-0.2, -0.15) is 0 Å². The van der Waals surface area contributed by atoms with Crippen LogP contribution in [0.2, 0.25) is 0 Å². The molecule has 0 aliphatic rings. The van der Waals surface area contributed by atoms with Crippen molar-refractivity contribution in [3.63, 3.8) is 0 Å². The molecule has 0 bridgehead atoms. The third-order valence-electron chi connectivity index (χ3n) is 2.78. The first-order chi connectivity index (χ1) is 9.61. The summed E-state index contributed by atoms with van der Waals surface area (Å²) in [6.45, 7) is 1.44. The van der Waals surface area contributed by atoms with E-state index in [9.17, 15) is 9.59 Å². The van der Waals surface area contributed by atoms with Crippen LogP contribution in [-0.4, -0.2) is 56.3 Å². The fourth-order valence-corrected chi connectivity index (χ4v) is 1.71. The standard InChI is InChI=1S/C11H16N6O3/c1-16(10(18)8-5-12-11(19)14-8)6-9-15-13-7-17(9)3-4-20-2/h5,7H,3-4,6H2,1-2H3,(H2,12,14,19). The second kappa shape index (κ2) is 6.15. The van der Waals surface area contributed by atoms with E-state index < -0.39 is 5.69 Å². The maximum Gasteiger partial charge on any atom is 0.323 e. The first-order valence-corrected chi connectivity index (χ1v) is 6.00. The minimum atomic E-state index is -0.412. The minimum Gasteiger partial charge on any atom is -0.383 e. The van der Waals surface area contributed by atoms with Gasteiger partial charge in [0.2, 0.25) is 0 Å². The highest BCUT2D eigenvalue weighted by Gasteiger charge is 2.16. The number of nitrogens with one attached hydrogen (secondary N) is 2. The van der Waals surface area contributed by atoms with Crippen LogP contribution >= 0.6 is 0 Å². The van der Waals surface area contributed by atoms with Gasteiger partial charge in [0.1, 0.15) is 12.0 Å². The van der Waals surface area contributed by atoms with Gasteiger partial charge in [-0.1, -0.05) is 0 Å². The van der Waals surface area contributed by atoms with E-state index in [4.69, 9.17) is 4.74 Å². The van der Waals surface area contributed by atoms with Crippen molar-refractivity contribution >= 4 is 5.91 Å². The van der Waals surface area contributed by atoms with Gasteiger partial charge in [0, 0.05) is 26.9 Å². The number of ether oxygens (including phenoxy) is 1. The average molecular weight is 280 g/mol. The zero-order valence-electron chi connectivity index (χ0n) is 11.3. The number of aromatic amines is 2. The Morgan fingerprint density at radius 3 is 3.00 bits per heavy atom. The van der Waals surface area contributed by atoms with Gasteiger partial charge in [-0.3, -0.25) is 4.79 Å². The Bertz CT molecular complexity index is 628. The number of imidazole rings is 1. The monoisotopic (exact) mass is 280 g/mol. The molecule has 0 atom stereocenters. The molecule has 0 fully saturated rings. The number of rotatable bonds is 6. The number of nitrogens with zero attached hydrogens (tertiary/aromatic N) is 4. The summed E-state index contributed by atoms with van der Waals surface area (Å²) in [6.07, 6.45) is 2.93. The van der Waals surface area contributed by atoms with Crippen LogP contribution in [0.3, 0.4) is 0 Å². The predicted octanol–water partition coefficient (Wildman–Crippen LogP) is -0.787. The Morgan fingerprint density at radius 2 is 2.35 bits per heavy atom. The van der Waals surface area contributed by atoms with Crippen LogP contribution in [0.4, 0.5) is 0 Å². The number of hydrogen-bond donors (Lipinski definition) is 2. The van der Waals surface area contributed by atoms with Gasteiger partial charge in [0.05, 0.1) is 13.2 Å². The number of hydrogen-bond acceptors (Lipinski definition) is 5. The first-order valence-electron chi connectivity index (χ1n) is 6.00. The zero-order chi connectivity index (χ0) is 14.5. The van der Waals surface area contributed by atoms with Crippen molar-refractivity contribution in [3.8, 4) is 0 Å². The van der Waals surface area contributed by atoms with Gasteiger partial charge >= 0.3 is 5.69 Å². The van der Waals surface area contributed by atoms with Gasteiger partial charge in [-0.05, 0) is 0 Å². The molecule has 108 valence electrons. The summed E-state index contributed by atoms with van der Waals surface area (Å²) in [5.74, 6) is 0.348. The lowest BCUT2D eigenvalue weighted by atomic mass is 10.4. The Labute approximate surface area is 114 Å². The number of H-pyrrole nitrogens is 2. The summed E-state index contributed by atoms with van der Waals surface area (Å²) in [5, 5.41) is 7.79. The molecule has 0 aliphatic carbocycles. The van der Waals surface area contributed by atoms with Crippen molar-refractivity contribution in [2.45, 2.75) is 13.1 Å². The van der Waals surface area contributed by atoms with Crippen molar-refractivity contribution in [2.75, 3.05) is 20.8 Å². The number of carbonyl (C=O) groups excluding carboxylic acids is 1. The van der Waals surface area contributed by atoms with Gasteiger partial charge in [0.15, 0.2) is 5.82 Å². The SMILES string of the molecule is COCCn1cnnc1CN(C)C(=O)c1c[nH]c(=O)[nH]1. The molecule has 0 unspecified atom stereocenters. The van der Waals surface area contributed by atoms with Crippen LogP contribution in [0.5, 0.6) is 0 Å². The fraction of sp³-hybridized carbons (Fsp3) is 0.455. The van der Waals surface area contributed by atoms with E-state index in [1.807, 2.05) is 4.57 Å². The van der Waals surface area contributed by atoms with Crippen molar-refractivity contribution in [1.29, 1.82) is 0 Å². The van der Waals surface area contributed by atoms with E-state index >= 15 is 0 Å². The van der Waals surface area contributed by atoms with E-state index in [0.29, 0.717) is 19.0 Å². The van der Waals surface area contributed by atoms with Gasteiger partial charge < -0.3 is 24.2 Å². The number of methoxy groups -OCH3 is 1. The van der Waals surface area contributed by atoms with E-state index in [1.54, 1.807) is 20.5 Å². The van der Waals surface area contributed by atoms with E-state index in [-0.39, 0.29) is 18.1 Å². The summed E-state index contributed by atoms with van der Waals surface area (Å²) >= 11 is 0. The minimum absolute atomic E-state index is 0.209. The van der Waals surface area contributed by atoms with Crippen molar-refractivity contribution in [1.82, 2.24) is 29.6 Å². The number of aromatic nitrogens is 5. The maximum atomic E-state index is 12.1. The summed E-state index contributed by atoms with van der Waals surface area (Å²) in [5.41, 5.74) is -0.203. The molecule has 2 N–H and O–H groups in total. The molecule has 2 aromatic rings. The largest absolute Gasteiger partial charge is 0.383 e. The van der Waals surface area contributed by atoms with Crippen molar-refractivity contribution in [2.24, 2.45) is 0 Å². The molecule has 0 saturated heterocycles. The van der Waals surface area contributed by atoms with Crippen LogP contribution in [-0.2, 0) is 17.8 Å². The highest BCUT2D eigenvalue weighted by atomic mass is 16.5. The summed E-state index contributed by atoms with van der Waals surface area (Å²) in [6, 6.07) is 0. The highest BCUT2D eigenvalue weighted by Crippen LogP contribution is 2.03. The Morgan fingerprint density at radius 1 is 1.55 bits per heavy atom. The summed E-state index contributed by atoms with van der Waals surface area (Å²) in [4.78, 5) is 29.3. The quantitative estimate of drug-likeness (QED) is 0.721. The maximum absolute atomic E-state index is 12.1. The van der Waals surface area contributed by atoms with Crippen LogP contribution in [0.25, 0.3) is 0 Å². The molecule has 2 heterocycles. The van der Waals surface area contributed by atoms with Crippen molar-refractivity contribution in [3.05, 3.63) is 34.5 Å². The summed E-state index contributed by atoms with van der Waals surface area (Å²) in [7, 11) is 3.24. The number of amides is 1. The molecule has 2 aromatic heterocycles. The fourth-order valence-electron chi connectivity index (χ4n) is 1.71. The second-order valence-electron chi connectivity index (χ2n) is 4.25. The Hall–Kier alpha value is -2.42. The topological polar surface area (TPSA) is 109 Å². The molecule has 9 heteroatoms. The lowest BCUT2D eigenvalue weighted by molar-refractivity contribution is 0.0774. The van der Waals surface area contributed by atoms with Crippen LogP contribution in [0.1, 0.15) is 16.3 Å². The third-order valence-corrected chi connectivity index (χ3v) is 2.78. The smallest absolute Gasteiger partial charge is 0.323 e.